The molecule has 5 nitrogen and oxygen atoms in total. The summed E-state index contributed by atoms with van der Waals surface area (Å²) in [6.07, 6.45) is 0.330. The molecule has 1 aromatic rings. The molecule has 0 spiro atoms. The average Bonchev–Trinajstić information content (AvgIpc) is 2.35. The molecule has 0 heterocycles. The molecule has 2 rings (SSSR count). The van der Waals surface area contributed by atoms with E-state index in [-0.39, 0.29) is 23.2 Å². The molecule has 19 heavy (non-hydrogen) atoms. The van der Waals surface area contributed by atoms with Crippen molar-refractivity contribution >= 4 is 17.3 Å². The summed E-state index contributed by atoms with van der Waals surface area (Å²) in [5.41, 5.74) is 0.305. The van der Waals surface area contributed by atoms with Crippen LogP contribution in [0.5, 0.6) is 0 Å². The number of nitrogens with one attached hydrogen (secondary N) is 1. The zero-order chi connectivity index (χ0) is 14.2. The molecule has 0 radical (unpaired) electrons. The van der Waals surface area contributed by atoms with E-state index in [1.54, 1.807) is 12.1 Å². The molecule has 0 amide bonds. The number of nitrogens with zero attached hydrogens (tertiary/aromatic N) is 1. The van der Waals surface area contributed by atoms with Gasteiger partial charge in [0.05, 0.1) is 21.6 Å². The van der Waals surface area contributed by atoms with Crippen molar-refractivity contribution in [3.05, 3.63) is 38.9 Å². The maximum absolute atomic E-state index is 11.0. The van der Waals surface area contributed by atoms with Gasteiger partial charge in [0.25, 0.3) is 5.69 Å². The van der Waals surface area contributed by atoms with Gasteiger partial charge in [0, 0.05) is 24.1 Å². The van der Waals surface area contributed by atoms with E-state index >= 15 is 0 Å². The number of rotatable bonds is 4. The lowest BCUT2D eigenvalue weighted by atomic mass is 9.64. The molecule has 2 N–H and O–H groups in total. The molecular formula is C13H17ClN2O3. The number of hydrogen-bond donors (Lipinski definition) is 2. The monoisotopic (exact) mass is 284 g/mol. The largest absolute Gasteiger partial charge is 0.392 e. The van der Waals surface area contributed by atoms with Crippen LogP contribution >= 0.6 is 11.6 Å². The van der Waals surface area contributed by atoms with Crippen molar-refractivity contribution < 1.29 is 10.0 Å². The van der Waals surface area contributed by atoms with Crippen molar-refractivity contribution in [1.29, 1.82) is 0 Å². The molecular weight excluding hydrogens is 268 g/mol. The summed E-state index contributed by atoms with van der Waals surface area (Å²) in [7, 11) is 0. The van der Waals surface area contributed by atoms with E-state index in [9.17, 15) is 15.2 Å². The average molecular weight is 285 g/mol. The molecule has 2 unspecified atom stereocenters. The fraction of sp³-hybridized carbons (Fsp3) is 0.538. The molecule has 0 aromatic heterocycles. The van der Waals surface area contributed by atoms with Gasteiger partial charge in [0.15, 0.2) is 0 Å². The minimum atomic E-state index is -0.427. The summed E-state index contributed by atoms with van der Waals surface area (Å²) in [4.78, 5) is 10.5. The van der Waals surface area contributed by atoms with E-state index in [0.29, 0.717) is 23.6 Å². The Labute approximate surface area is 116 Å². The second-order valence-electron chi connectivity index (χ2n) is 5.50. The van der Waals surface area contributed by atoms with Crippen LogP contribution in [0.1, 0.15) is 25.8 Å². The van der Waals surface area contributed by atoms with Crippen molar-refractivity contribution in [2.24, 2.45) is 5.41 Å². The predicted molar refractivity (Wildman–Crippen MR) is 73.1 cm³/mol. The van der Waals surface area contributed by atoms with Crippen LogP contribution in [0, 0.1) is 15.5 Å². The second kappa shape index (κ2) is 5.07. The molecule has 1 aliphatic carbocycles. The standard InChI is InChI=1S/C13H17ClN2O3/c1-13(2)11(6-12(13)17)15-7-8-9(14)4-3-5-10(8)16(18)19/h3-5,11-12,15,17H,6-7H2,1-2H3. The molecule has 1 aliphatic rings. The Kier molecular flexibility index (Phi) is 3.80. The number of nitro benzene ring substituents is 1. The summed E-state index contributed by atoms with van der Waals surface area (Å²) in [5, 5.41) is 24.3. The smallest absolute Gasteiger partial charge is 0.275 e. The molecule has 1 fully saturated rings. The van der Waals surface area contributed by atoms with Crippen LogP contribution in [-0.4, -0.2) is 22.2 Å². The Morgan fingerprint density at radius 3 is 2.79 bits per heavy atom. The first-order chi connectivity index (χ1) is 8.84. The van der Waals surface area contributed by atoms with Gasteiger partial charge in [-0.15, -0.1) is 0 Å². The van der Waals surface area contributed by atoms with Gasteiger partial charge >= 0.3 is 0 Å². The highest BCUT2D eigenvalue weighted by Gasteiger charge is 2.46. The quantitative estimate of drug-likeness (QED) is 0.658. The lowest BCUT2D eigenvalue weighted by Gasteiger charge is -2.49. The van der Waals surface area contributed by atoms with Crippen molar-refractivity contribution in [2.45, 2.75) is 39.0 Å². The predicted octanol–water partition coefficient (Wildman–Crippen LogP) is 2.50. The maximum Gasteiger partial charge on any atom is 0.275 e. The number of aliphatic hydroxyl groups excluding tert-OH is 1. The highest BCUT2D eigenvalue weighted by molar-refractivity contribution is 6.31. The van der Waals surface area contributed by atoms with Crippen molar-refractivity contribution in [3.8, 4) is 0 Å². The maximum atomic E-state index is 11.0. The Morgan fingerprint density at radius 2 is 2.26 bits per heavy atom. The third kappa shape index (κ3) is 2.59. The fourth-order valence-corrected chi connectivity index (χ4v) is 2.60. The molecule has 104 valence electrons. The SMILES string of the molecule is CC1(C)C(O)CC1NCc1c(Cl)cccc1[N+](=O)[O-]. The number of aliphatic hydroxyl groups is 1. The molecule has 1 aromatic carbocycles. The highest BCUT2D eigenvalue weighted by Crippen LogP contribution is 2.40. The van der Waals surface area contributed by atoms with Crippen LogP contribution in [0.2, 0.25) is 5.02 Å². The first kappa shape index (κ1) is 14.2. The molecule has 0 aliphatic heterocycles. The summed E-state index contributed by atoms with van der Waals surface area (Å²) < 4.78 is 0. The summed E-state index contributed by atoms with van der Waals surface area (Å²) in [6.45, 7) is 4.27. The van der Waals surface area contributed by atoms with E-state index in [1.807, 2.05) is 13.8 Å². The zero-order valence-corrected chi connectivity index (χ0v) is 11.6. The van der Waals surface area contributed by atoms with Crippen LogP contribution in [0.15, 0.2) is 18.2 Å². The molecule has 0 bridgehead atoms. The third-order valence-corrected chi connectivity index (χ3v) is 4.39. The number of hydrogen-bond acceptors (Lipinski definition) is 4. The second-order valence-corrected chi connectivity index (χ2v) is 5.91. The third-order valence-electron chi connectivity index (χ3n) is 4.03. The molecule has 6 heteroatoms. The van der Waals surface area contributed by atoms with Gasteiger partial charge < -0.3 is 10.4 Å². The van der Waals surface area contributed by atoms with Crippen molar-refractivity contribution in [3.63, 3.8) is 0 Å². The normalized spacial score (nSPS) is 24.8. The highest BCUT2D eigenvalue weighted by atomic mass is 35.5. The van der Waals surface area contributed by atoms with E-state index < -0.39 is 4.92 Å². The Balaban J connectivity index is 2.10. The van der Waals surface area contributed by atoms with Crippen LogP contribution in [0.4, 0.5) is 5.69 Å². The Morgan fingerprint density at radius 1 is 1.58 bits per heavy atom. The van der Waals surface area contributed by atoms with Gasteiger partial charge in [-0.1, -0.05) is 31.5 Å². The minimum absolute atomic E-state index is 0.0256. The topological polar surface area (TPSA) is 75.4 Å². The zero-order valence-electron chi connectivity index (χ0n) is 10.9. The van der Waals surface area contributed by atoms with E-state index in [2.05, 4.69) is 5.32 Å². The van der Waals surface area contributed by atoms with Crippen molar-refractivity contribution in [2.75, 3.05) is 0 Å². The summed E-state index contributed by atoms with van der Waals surface area (Å²) in [5.74, 6) is 0. The van der Waals surface area contributed by atoms with E-state index in [0.717, 1.165) is 0 Å². The number of nitro groups is 1. The minimum Gasteiger partial charge on any atom is -0.392 e. The van der Waals surface area contributed by atoms with Crippen LogP contribution < -0.4 is 5.32 Å². The van der Waals surface area contributed by atoms with Crippen LogP contribution in [0.3, 0.4) is 0 Å². The van der Waals surface area contributed by atoms with Gasteiger partial charge in [-0.3, -0.25) is 10.1 Å². The van der Waals surface area contributed by atoms with Gasteiger partial charge in [0.2, 0.25) is 0 Å². The van der Waals surface area contributed by atoms with Gasteiger partial charge in [0.1, 0.15) is 0 Å². The van der Waals surface area contributed by atoms with Crippen LogP contribution in [0.25, 0.3) is 0 Å². The van der Waals surface area contributed by atoms with Gasteiger partial charge in [-0.25, -0.2) is 0 Å². The van der Waals surface area contributed by atoms with Crippen LogP contribution in [-0.2, 0) is 6.54 Å². The Hall–Kier alpha value is -1.17. The van der Waals surface area contributed by atoms with Gasteiger partial charge in [-0.2, -0.15) is 0 Å². The van der Waals surface area contributed by atoms with Crippen molar-refractivity contribution in [1.82, 2.24) is 5.32 Å². The lowest BCUT2D eigenvalue weighted by Crippen LogP contribution is -2.59. The molecule has 1 saturated carbocycles. The Bertz CT molecular complexity index is 505. The van der Waals surface area contributed by atoms with Gasteiger partial charge in [-0.05, 0) is 12.5 Å². The fourth-order valence-electron chi connectivity index (χ4n) is 2.37. The summed E-state index contributed by atoms with van der Waals surface area (Å²) in [6, 6.07) is 4.80. The molecule has 0 saturated heterocycles. The van der Waals surface area contributed by atoms with E-state index in [4.69, 9.17) is 11.6 Å². The first-order valence-corrected chi connectivity index (χ1v) is 6.55. The van der Waals surface area contributed by atoms with E-state index in [1.165, 1.54) is 6.07 Å². The first-order valence-electron chi connectivity index (χ1n) is 6.17. The number of halogens is 1. The molecule has 2 atom stereocenters. The lowest BCUT2D eigenvalue weighted by molar-refractivity contribution is -0.385. The summed E-state index contributed by atoms with van der Waals surface area (Å²) >= 11 is 6.02. The number of benzene rings is 1.